The maximum absolute atomic E-state index is 12.9. The fourth-order valence-corrected chi connectivity index (χ4v) is 5.44. The van der Waals surface area contributed by atoms with Gasteiger partial charge in [-0.15, -0.1) is 0 Å². The Kier molecular flexibility index (Phi) is 17.1. The minimum Gasteiger partial charge on any atom is -0.309 e. The van der Waals surface area contributed by atoms with E-state index >= 15 is 0 Å². The zero-order valence-corrected chi connectivity index (χ0v) is 29.5. The number of hydrogen-bond donors (Lipinski definition) is 1. The highest BCUT2D eigenvalue weighted by Gasteiger charge is 2.18. The predicted molar refractivity (Wildman–Crippen MR) is 197 cm³/mol. The van der Waals surface area contributed by atoms with Crippen LogP contribution in [0.5, 0.6) is 0 Å². The van der Waals surface area contributed by atoms with E-state index in [2.05, 4.69) is 106 Å². The Morgan fingerprint density at radius 1 is 0.978 bits per heavy atom. The summed E-state index contributed by atoms with van der Waals surface area (Å²) in [7, 11) is 2.03. The molecule has 3 aromatic carbocycles. The molecule has 6 bridgehead atoms. The van der Waals surface area contributed by atoms with Crippen LogP contribution in [0.25, 0.3) is 5.57 Å². The van der Waals surface area contributed by atoms with Gasteiger partial charge < -0.3 is 5.32 Å². The van der Waals surface area contributed by atoms with Gasteiger partial charge in [-0.2, -0.15) is 0 Å². The topological polar surface area (TPSA) is 41.5 Å². The zero-order valence-electron chi connectivity index (χ0n) is 29.5. The van der Waals surface area contributed by atoms with Crippen molar-refractivity contribution >= 4 is 17.6 Å². The average molecular weight is 607 g/mol. The van der Waals surface area contributed by atoms with Crippen molar-refractivity contribution in [2.45, 2.75) is 106 Å². The number of allylic oxidation sites excluding steroid dienone is 2. The van der Waals surface area contributed by atoms with E-state index in [-0.39, 0.29) is 11.8 Å². The molecular formula is C42H58N2O. The average Bonchev–Trinajstić information content (AvgIpc) is 3.06. The van der Waals surface area contributed by atoms with Crippen LogP contribution >= 0.6 is 0 Å². The number of ketones is 1. The van der Waals surface area contributed by atoms with E-state index in [1.807, 2.05) is 52.4 Å². The number of carbonyl (C=O) groups is 1. The predicted octanol–water partition coefficient (Wildman–Crippen LogP) is 11.0. The van der Waals surface area contributed by atoms with Crippen LogP contribution in [0.4, 0.5) is 0 Å². The fraction of sp³-hybridized carbons (Fsp3) is 0.429. The molecule has 0 heterocycles. The molecule has 0 aliphatic heterocycles. The molecule has 0 fully saturated rings. The Labute approximate surface area is 275 Å². The molecule has 3 heteroatoms. The summed E-state index contributed by atoms with van der Waals surface area (Å²) in [6.07, 6.45) is 14.5. The van der Waals surface area contributed by atoms with Crippen molar-refractivity contribution in [3.8, 4) is 0 Å². The number of hydrogen-bond acceptors (Lipinski definition) is 3. The first-order valence-electron chi connectivity index (χ1n) is 17.2. The van der Waals surface area contributed by atoms with Crippen LogP contribution in [0.3, 0.4) is 0 Å². The van der Waals surface area contributed by atoms with Gasteiger partial charge >= 0.3 is 0 Å². The van der Waals surface area contributed by atoms with E-state index in [0.717, 1.165) is 48.8 Å². The molecule has 3 aromatic rings. The summed E-state index contributed by atoms with van der Waals surface area (Å²) in [5.41, 5.74) is 11.1. The third-order valence-electron chi connectivity index (χ3n) is 8.33. The van der Waals surface area contributed by atoms with Gasteiger partial charge in [-0.3, -0.25) is 9.79 Å². The quantitative estimate of drug-likeness (QED) is 0.205. The lowest BCUT2D eigenvalue weighted by atomic mass is 9.86. The lowest BCUT2D eigenvalue weighted by Crippen LogP contribution is -2.18. The number of rotatable bonds is 8. The van der Waals surface area contributed by atoms with Gasteiger partial charge in [-0.05, 0) is 128 Å². The number of benzene rings is 3. The van der Waals surface area contributed by atoms with Crippen LogP contribution in [0.1, 0.15) is 124 Å². The van der Waals surface area contributed by atoms with Gasteiger partial charge in [0.15, 0.2) is 5.78 Å². The second-order valence-corrected chi connectivity index (χ2v) is 11.8. The third-order valence-corrected chi connectivity index (χ3v) is 8.33. The Hall–Kier alpha value is -3.56. The number of nitrogens with one attached hydrogen (secondary N) is 1. The zero-order chi connectivity index (χ0) is 33.2. The van der Waals surface area contributed by atoms with Gasteiger partial charge in [0.1, 0.15) is 0 Å². The van der Waals surface area contributed by atoms with Crippen LogP contribution in [-0.2, 0) is 17.6 Å². The molecule has 242 valence electrons. The number of fused-ring (bicyclic) bond motifs is 6. The maximum Gasteiger partial charge on any atom is 0.156 e. The highest BCUT2D eigenvalue weighted by Crippen LogP contribution is 2.33. The molecular weight excluding hydrogens is 548 g/mol. The summed E-state index contributed by atoms with van der Waals surface area (Å²) >= 11 is 0. The summed E-state index contributed by atoms with van der Waals surface area (Å²) in [4.78, 5) is 17.0. The second-order valence-electron chi connectivity index (χ2n) is 11.8. The van der Waals surface area contributed by atoms with E-state index in [1.54, 1.807) is 0 Å². The van der Waals surface area contributed by atoms with Crippen molar-refractivity contribution in [1.82, 2.24) is 5.32 Å². The standard InChI is InChI=1S/C32H37NO.C8H15N.C2H6/c1-5-6-13-29(34)21-31-26-12-8-10-24(18-26)9-7-11-25-19-27(16-14-22(25)2)32(33-4)28-17-15-23(3)30(31)20-28;1-4-6-9-7-8(3)5-2;1-2/h8,10,12,14-21,32-33H,5-7,9,11,13H2,1-4H3;4,6-8H,5H2,1-3H3;1-2H3/b31-21-;6-4-,9-7?;. The third kappa shape index (κ3) is 11.7. The van der Waals surface area contributed by atoms with Gasteiger partial charge in [0.25, 0.3) is 0 Å². The Morgan fingerprint density at radius 2 is 1.69 bits per heavy atom. The summed E-state index contributed by atoms with van der Waals surface area (Å²) < 4.78 is 0. The molecule has 3 nitrogen and oxygen atoms in total. The molecule has 45 heavy (non-hydrogen) atoms. The molecule has 1 aliphatic rings. The molecule has 0 amide bonds. The molecule has 0 aromatic heterocycles. The molecule has 4 rings (SSSR count). The Morgan fingerprint density at radius 3 is 2.36 bits per heavy atom. The molecule has 0 saturated heterocycles. The number of aliphatic imine (C=N–C) groups is 1. The Balaban J connectivity index is 0.000000553. The number of carbonyl (C=O) groups excluding carboxylic acids is 1. The summed E-state index contributed by atoms with van der Waals surface area (Å²) in [6, 6.07) is 22.5. The smallest absolute Gasteiger partial charge is 0.156 e. The van der Waals surface area contributed by atoms with Gasteiger partial charge in [0.2, 0.25) is 0 Å². The van der Waals surface area contributed by atoms with E-state index in [4.69, 9.17) is 0 Å². The van der Waals surface area contributed by atoms with Crippen molar-refractivity contribution in [2.24, 2.45) is 10.9 Å². The highest BCUT2D eigenvalue weighted by molar-refractivity contribution is 6.00. The minimum absolute atomic E-state index is 0.102. The van der Waals surface area contributed by atoms with Crippen molar-refractivity contribution in [3.05, 3.63) is 124 Å². The van der Waals surface area contributed by atoms with E-state index in [0.29, 0.717) is 12.3 Å². The monoisotopic (exact) mass is 606 g/mol. The lowest BCUT2D eigenvalue weighted by molar-refractivity contribution is -0.114. The molecule has 0 saturated carbocycles. The van der Waals surface area contributed by atoms with Crippen molar-refractivity contribution in [3.63, 3.8) is 0 Å². The molecule has 0 radical (unpaired) electrons. The van der Waals surface area contributed by atoms with Gasteiger partial charge in [-0.1, -0.05) is 102 Å². The van der Waals surface area contributed by atoms with Crippen molar-refractivity contribution in [1.29, 1.82) is 0 Å². The molecule has 2 unspecified atom stereocenters. The Bertz CT molecular complexity index is 1430. The number of unbranched alkanes of at least 4 members (excludes halogenated alkanes) is 1. The number of aryl methyl sites for hydroxylation is 4. The van der Waals surface area contributed by atoms with Crippen LogP contribution in [0.2, 0.25) is 0 Å². The van der Waals surface area contributed by atoms with Crippen LogP contribution in [0, 0.1) is 19.8 Å². The van der Waals surface area contributed by atoms with Crippen molar-refractivity contribution < 1.29 is 4.79 Å². The summed E-state index contributed by atoms with van der Waals surface area (Å²) in [5.74, 6) is 0.822. The maximum atomic E-state index is 12.9. The molecule has 2 atom stereocenters. The van der Waals surface area contributed by atoms with E-state index in [9.17, 15) is 4.79 Å². The largest absolute Gasteiger partial charge is 0.309 e. The second kappa shape index (κ2) is 20.5. The number of nitrogens with zero attached hydrogens (tertiary/aromatic N) is 1. The van der Waals surface area contributed by atoms with E-state index < -0.39 is 0 Å². The minimum atomic E-state index is 0.102. The molecule has 1 aliphatic carbocycles. The SMILES string of the molecule is C/C=C\N=CC(C)CC.CC.CCCCC(=O)/C=C1/c2cccc(c2)CCCc2cc(ccc2C)C(NC)c2ccc(C)c1c2. The fourth-order valence-electron chi connectivity index (χ4n) is 5.44. The van der Waals surface area contributed by atoms with Crippen molar-refractivity contribution in [2.75, 3.05) is 7.05 Å². The summed E-state index contributed by atoms with van der Waals surface area (Å²) in [6.45, 7) is 16.8. The van der Waals surface area contributed by atoms with Gasteiger partial charge in [0, 0.05) is 18.8 Å². The van der Waals surface area contributed by atoms with Crippen LogP contribution in [0.15, 0.2) is 84.0 Å². The first kappa shape index (κ1) is 37.6. The van der Waals surface area contributed by atoms with Crippen LogP contribution in [-0.4, -0.2) is 19.0 Å². The molecule has 1 N–H and O–H groups in total. The highest BCUT2D eigenvalue weighted by atomic mass is 16.1. The van der Waals surface area contributed by atoms with Crippen LogP contribution < -0.4 is 5.32 Å². The first-order chi connectivity index (χ1) is 21.8. The normalized spacial score (nSPS) is 15.9. The summed E-state index contributed by atoms with van der Waals surface area (Å²) in [5, 5.41) is 3.54. The van der Waals surface area contributed by atoms with Gasteiger partial charge in [0.05, 0.1) is 6.04 Å². The van der Waals surface area contributed by atoms with E-state index in [1.165, 1.54) is 39.8 Å². The molecule has 0 spiro atoms. The first-order valence-corrected chi connectivity index (χ1v) is 17.2. The lowest BCUT2D eigenvalue weighted by Gasteiger charge is -2.22. The van der Waals surface area contributed by atoms with Gasteiger partial charge in [-0.25, -0.2) is 0 Å².